The summed E-state index contributed by atoms with van der Waals surface area (Å²) in [5.41, 5.74) is 2.70. The molecule has 0 spiro atoms. The minimum Gasteiger partial charge on any atom is -0.462 e. The van der Waals surface area contributed by atoms with Crippen LogP contribution in [0, 0.1) is 5.92 Å². The first-order valence-electron chi connectivity index (χ1n) is 10.8. The summed E-state index contributed by atoms with van der Waals surface area (Å²) >= 11 is 1.41. The number of thiophene rings is 1. The van der Waals surface area contributed by atoms with E-state index in [2.05, 4.69) is 12.2 Å². The van der Waals surface area contributed by atoms with E-state index in [-0.39, 0.29) is 6.61 Å². The van der Waals surface area contributed by atoms with Crippen molar-refractivity contribution in [3.05, 3.63) is 63.5 Å². The minimum absolute atomic E-state index is 0.250. The van der Waals surface area contributed by atoms with Gasteiger partial charge in [0.25, 0.3) is 5.91 Å². The third-order valence-electron chi connectivity index (χ3n) is 5.21. The van der Waals surface area contributed by atoms with Crippen molar-refractivity contribution in [3.63, 3.8) is 0 Å². The summed E-state index contributed by atoms with van der Waals surface area (Å²) in [5, 5.41) is 3.31. The van der Waals surface area contributed by atoms with Crippen LogP contribution in [0.5, 0.6) is 0 Å². The van der Waals surface area contributed by atoms with Crippen molar-refractivity contribution >= 4 is 34.2 Å². The quantitative estimate of drug-likeness (QED) is 0.456. The minimum atomic E-state index is -1.15. The Bertz CT molecular complexity index is 1020. The molecule has 0 saturated heterocycles. The highest BCUT2D eigenvalue weighted by atomic mass is 32.1. The molecule has 2 unspecified atom stereocenters. The number of carbonyl (C=O) groups excluding carboxylic acids is 3. The molecule has 1 aromatic heterocycles. The van der Waals surface area contributed by atoms with Crippen LogP contribution in [0.2, 0.25) is 0 Å². The van der Waals surface area contributed by atoms with E-state index >= 15 is 0 Å². The molecule has 32 heavy (non-hydrogen) atoms. The standard InChI is InChI=1S/C25H29NO5S/c1-5-30-25(29)21-18-12-11-16(4)14-19(18)32-24(21)26-23(28)22(17-9-7-6-8-10-17)31-20(27)13-15(2)3/h6-10,13,16,22H,5,11-12,14H2,1-4H3,(H,26,28). The predicted octanol–water partition coefficient (Wildman–Crippen LogP) is 5.24. The number of benzene rings is 1. The van der Waals surface area contributed by atoms with Gasteiger partial charge in [-0.1, -0.05) is 42.8 Å². The Labute approximate surface area is 192 Å². The lowest BCUT2D eigenvalue weighted by atomic mass is 9.88. The smallest absolute Gasteiger partial charge is 0.341 e. The maximum Gasteiger partial charge on any atom is 0.341 e. The van der Waals surface area contributed by atoms with Crippen molar-refractivity contribution < 1.29 is 23.9 Å². The van der Waals surface area contributed by atoms with Crippen molar-refractivity contribution in [1.82, 2.24) is 0 Å². The molecule has 1 aliphatic carbocycles. The SMILES string of the molecule is CCOC(=O)c1c(NC(=O)C(OC(=O)C=C(C)C)c2ccccc2)sc2c1CCC(C)C2. The fourth-order valence-corrected chi connectivity index (χ4v) is 5.12. The first kappa shape index (κ1) is 23.7. The predicted molar refractivity (Wildman–Crippen MR) is 125 cm³/mol. The number of amides is 1. The Kier molecular flexibility index (Phi) is 7.85. The van der Waals surface area contributed by atoms with Crippen LogP contribution in [0.15, 0.2) is 42.0 Å². The number of hydrogen-bond donors (Lipinski definition) is 1. The van der Waals surface area contributed by atoms with Crippen LogP contribution >= 0.6 is 11.3 Å². The lowest BCUT2D eigenvalue weighted by molar-refractivity contribution is -0.149. The summed E-state index contributed by atoms with van der Waals surface area (Å²) in [5.74, 6) is -1.03. The van der Waals surface area contributed by atoms with Crippen LogP contribution in [-0.2, 0) is 31.9 Å². The Morgan fingerprint density at radius 2 is 1.94 bits per heavy atom. The molecule has 170 valence electrons. The Morgan fingerprint density at radius 1 is 1.22 bits per heavy atom. The molecule has 7 heteroatoms. The molecule has 0 radical (unpaired) electrons. The van der Waals surface area contributed by atoms with Gasteiger partial charge in [0.1, 0.15) is 5.00 Å². The van der Waals surface area contributed by atoms with E-state index in [1.807, 2.05) is 6.07 Å². The van der Waals surface area contributed by atoms with Gasteiger partial charge in [0.15, 0.2) is 0 Å². The second-order valence-corrected chi connectivity index (χ2v) is 9.32. The highest BCUT2D eigenvalue weighted by Gasteiger charge is 2.31. The van der Waals surface area contributed by atoms with E-state index in [0.717, 1.165) is 35.3 Å². The zero-order valence-electron chi connectivity index (χ0n) is 18.9. The van der Waals surface area contributed by atoms with E-state index in [4.69, 9.17) is 9.47 Å². The maximum atomic E-state index is 13.3. The van der Waals surface area contributed by atoms with E-state index in [9.17, 15) is 14.4 Å². The number of fused-ring (bicyclic) bond motifs is 1. The summed E-state index contributed by atoms with van der Waals surface area (Å²) in [6.07, 6.45) is 2.82. The van der Waals surface area contributed by atoms with Crippen LogP contribution in [0.25, 0.3) is 0 Å². The average Bonchev–Trinajstić information content (AvgIpc) is 3.09. The second-order valence-electron chi connectivity index (χ2n) is 8.21. The van der Waals surface area contributed by atoms with Gasteiger partial charge in [-0.3, -0.25) is 4.79 Å². The summed E-state index contributed by atoms with van der Waals surface area (Å²) in [7, 11) is 0. The molecule has 0 saturated carbocycles. The van der Waals surface area contributed by atoms with E-state index in [1.165, 1.54) is 17.4 Å². The van der Waals surface area contributed by atoms with Gasteiger partial charge in [0.2, 0.25) is 6.10 Å². The number of nitrogens with one attached hydrogen (secondary N) is 1. The molecule has 1 amide bonds. The molecule has 0 bridgehead atoms. The van der Waals surface area contributed by atoms with Gasteiger partial charge < -0.3 is 14.8 Å². The van der Waals surface area contributed by atoms with Crippen molar-refractivity contribution in [2.45, 2.75) is 53.1 Å². The van der Waals surface area contributed by atoms with E-state index < -0.39 is 23.9 Å². The summed E-state index contributed by atoms with van der Waals surface area (Å²) < 4.78 is 10.8. The number of anilines is 1. The summed E-state index contributed by atoms with van der Waals surface area (Å²) in [6.45, 7) is 7.74. The molecule has 1 aliphatic rings. The summed E-state index contributed by atoms with van der Waals surface area (Å²) in [4.78, 5) is 39.4. The van der Waals surface area contributed by atoms with Crippen LogP contribution < -0.4 is 5.32 Å². The van der Waals surface area contributed by atoms with Crippen LogP contribution in [-0.4, -0.2) is 24.5 Å². The van der Waals surface area contributed by atoms with Crippen molar-refractivity contribution in [3.8, 4) is 0 Å². The molecule has 2 aromatic rings. The fourth-order valence-electron chi connectivity index (χ4n) is 3.72. The largest absolute Gasteiger partial charge is 0.462 e. The first-order chi connectivity index (χ1) is 15.3. The number of allylic oxidation sites excluding steroid dienone is 1. The van der Waals surface area contributed by atoms with Gasteiger partial charge in [-0.2, -0.15) is 0 Å². The number of carbonyl (C=O) groups is 3. The zero-order chi connectivity index (χ0) is 23.3. The van der Waals surface area contributed by atoms with Gasteiger partial charge in [-0.25, -0.2) is 9.59 Å². The molecule has 0 fully saturated rings. The Balaban J connectivity index is 1.94. The van der Waals surface area contributed by atoms with Gasteiger partial charge in [0, 0.05) is 16.5 Å². The summed E-state index contributed by atoms with van der Waals surface area (Å²) in [6, 6.07) is 8.84. The molecular weight excluding hydrogens is 426 g/mol. The number of rotatable bonds is 7. The van der Waals surface area contributed by atoms with Gasteiger partial charge in [-0.05, 0) is 51.5 Å². The Morgan fingerprint density at radius 3 is 2.59 bits per heavy atom. The molecule has 0 aliphatic heterocycles. The highest BCUT2D eigenvalue weighted by molar-refractivity contribution is 7.17. The number of hydrogen-bond acceptors (Lipinski definition) is 6. The van der Waals surface area contributed by atoms with Crippen molar-refractivity contribution in [2.24, 2.45) is 5.92 Å². The lowest BCUT2D eigenvalue weighted by Gasteiger charge is -2.18. The van der Waals surface area contributed by atoms with Gasteiger partial charge in [-0.15, -0.1) is 11.3 Å². The highest BCUT2D eigenvalue weighted by Crippen LogP contribution is 2.40. The van der Waals surface area contributed by atoms with Gasteiger partial charge >= 0.3 is 11.9 Å². The van der Waals surface area contributed by atoms with Gasteiger partial charge in [0.05, 0.1) is 12.2 Å². The fraction of sp³-hybridized carbons (Fsp3) is 0.400. The topological polar surface area (TPSA) is 81.7 Å². The molecular formula is C25H29NO5S. The lowest BCUT2D eigenvalue weighted by Crippen LogP contribution is -2.26. The molecule has 1 aromatic carbocycles. The van der Waals surface area contributed by atoms with Crippen LogP contribution in [0.4, 0.5) is 5.00 Å². The molecule has 1 heterocycles. The number of esters is 2. The molecule has 2 atom stereocenters. The van der Waals surface area contributed by atoms with Crippen LogP contribution in [0.1, 0.15) is 66.6 Å². The van der Waals surface area contributed by atoms with Crippen molar-refractivity contribution in [1.29, 1.82) is 0 Å². The van der Waals surface area contributed by atoms with Crippen LogP contribution in [0.3, 0.4) is 0 Å². The third kappa shape index (κ3) is 5.65. The Hall–Kier alpha value is -2.93. The monoisotopic (exact) mass is 455 g/mol. The molecule has 1 N–H and O–H groups in total. The first-order valence-corrected chi connectivity index (χ1v) is 11.6. The normalized spacial score (nSPS) is 15.8. The molecule has 6 nitrogen and oxygen atoms in total. The second kappa shape index (κ2) is 10.6. The van der Waals surface area contributed by atoms with Crippen molar-refractivity contribution in [2.75, 3.05) is 11.9 Å². The van der Waals surface area contributed by atoms with E-state index in [1.54, 1.807) is 45.0 Å². The molecule has 3 rings (SSSR count). The average molecular weight is 456 g/mol. The third-order valence-corrected chi connectivity index (χ3v) is 6.38. The maximum absolute atomic E-state index is 13.3. The van der Waals surface area contributed by atoms with E-state index in [0.29, 0.717) is 22.0 Å². The number of ether oxygens (including phenoxy) is 2. The zero-order valence-corrected chi connectivity index (χ0v) is 19.7.